The first-order valence-electron chi connectivity index (χ1n) is 7.20. The summed E-state index contributed by atoms with van der Waals surface area (Å²) >= 11 is 7.74. The van der Waals surface area contributed by atoms with Crippen LogP contribution in [-0.4, -0.2) is 9.97 Å². The fourth-order valence-corrected chi connectivity index (χ4v) is 3.84. The van der Waals surface area contributed by atoms with Crippen molar-refractivity contribution < 1.29 is 0 Å². The lowest BCUT2D eigenvalue weighted by atomic mass is 10.0. The largest absolute Gasteiger partial charge is 0.310 e. The second-order valence-electron chi connectivity index (χ2n) is 5.32. The van der Waals surface area contributed by atoms with E-state index in [1.54, 1.807) is 17.8 Å². The van der Waals surface area contributed by atoms with Gasteiger partial charge in [-0.05, 0) is 25.0 Å². The van der Waals surface area contributed by atoms with Crippen molar-refractivity contribution in [3.8, 4) is 0 Å². The third-order valence-electron chi connectivity index (χ3n) is 3.79. The van der Waals surface area contributed by atoms with E-state index in [-0.39, 0.29) is 5.56 Å². The molecule has 110 valence electrons. The van der Waals surface area contributed by atoms with Gasteiger partial charge in [-0.1, -0.05) is 36.6 Å². The Morgan fingerprint density at radius 3 is 2.81 bits per heavy atom. The first-order valence-corrected chi connectivity index (χ1v) is 8.56. The molecule has 1 aliphatic carbocycles. The monoisotopic (exact) mass is 320 g/mol. The summed E-state index contributed by atoms with van der Waals surface area (Å²) in [4.78, 5) is 20.3. The van der Waals surface area contributed by atoms with Crippen LogP contribution in [0.3, 0.4) is 0 Å². The lowest BCUT2D eigenvalue weighted by Gasteiger charge is -2.10. The van der Waals surface area contributed by atoms with E-state index in [2.05, 4.69) is 9.97 Å². The highest BCUT2D eigenvalue weighted by atomic mass is 35.5. The molecule has 0 amide bonds. The van der Waals surface area contributed by atoms with Crippen LogP contribution in [0.2, 0.25) is 5.02 Å². The van der Waals surface area contributed by atoms with Gasteiger partial charge >= 0.3 is 0 Å². The van der Waals surface area contributed by atoms with E-state index in [0.29, 0.717) is 11.7 Å². The van der Waals surface area contributed by atoms with Crippen LogP contribution in [0.1, 0.15) is 43.1 Å². The van der Waals surface area contributed by atoms with Gasteiger partial charge in [-0.3, -0.25) is 4.79 Å². The van der Waals surface area contributed by atoms with E-state index < -0.39 is 0 Å². The van der Waals surface area contributed by atoms with E-state index >= 15 is 0 Å². The van der Waals surface area contributed by atoms with Crippen LogP contribution in [0.25, 0.3) is 0 Å². The van der Waals surface area contributed by atoms with Gasteiger partial charge in [0, 0.05) is 16.9 Å². The predicted octanol–water partition coefficient (Wildman–Crippen LogP) is 4.37. The number of H-pyrrole nitrogens is 1. The van der Waals surface area contributed by atoms with Gasteiger partial charge in [-0.25, -0.2) is 4.98 Å². The molecule has 3 rings (SSSR count). The van der Waals surface area contributed by atoms with Crippen molar-refractivity contribution in [3.63, 3.8) is 0 Å². The molecule has 1 heterocycles. The summed E-state index contributed by atoms with van der Waals surface area (Å²) in [5, 5.41) is 0.733. The van der Waals surface area contributed by atoms with Gasteiger partial charge in [0.25, 0.3) is 5.56 Å². The molecule has 1 aliphatic rings. The van der Waals surface area contributed by atoms with Crippen LogP contribution in [0.4, 0.5) is 0 Å². The molecule has 5 heteroatoms. The highest BCUT2D eigenvalue weighted by molar-refractivity contribution is 7.98. The van der Waals surface area contributed by atoms with Crippen LogP contribution in [-0.2, 0) is 5.75 Å². The van der Waals surface area contributed by atoms with Gasteiger partial charge in [0.1, 0.15) is 5.82 Å². The van der Waals surface area contributed by atoms with E-state index in [1.807, 2.05) is 24.3 Å². The molecule has 1 aromatic carbocycles. The number of rotatable bonds is 4. The zero-order valence-electron chi connectivity index (χ0n) is 11.6. The molecule has 2 aromatic rings. The predicted molar refractivity (Wildman–Crippen MR) is 87.1 cm³/mol. The molecule has 1 fully saturated rings. The fourth-order valence-electron chi connectivity index (χ4n) is 2.74. The average Bonchev–Trinajstić information content (AvgIpc) is 3.00. The highest BCUT2D eigenvalue weighted by Crippen LogP contribution is 2.33. The van der Waals surface area contributed by atoms with Crippen molar-refractivity contribution in [2.45, 2.75) is 42.2 Å². The van der Waals surface area contributed by atoms with Crippen molar-refractivity contribution in [2.24, 2.45) is 0 Å². The second-order valence-corrected chi connectivity index (χ2v) is 6.74. The second kappa shape index (κ2) is 6.67. The topological polar surface area (TPSA) is 45.8 Å². The molecular formula is C16H17ClN2OS. The quantitative estimate of drug-likeness (QED) is 0.851. The van der Waals surface area contributed by atoms with Crippen molar-refractivity contribution in [1.82, 2.24) is 9.97 Å². The molecular weight excluding hydrogens is 304 g/mol. The lowest BCUT2D eigenvalue weighted by molar-refractivity contribution is 0.685. The first-order chi connectivity index (χ1) is 10.2. The van der Waals surface area contributed by atoms with Crippen LogP contribution in [0.15, 0.2) is 40.0 Å². The number of hydrogen-bond donors (Lipinski definition) is 1. The Balaban J connectivity index is 1.76. The van der Waals surface area contributed by atoms with Gasteiger partial charge in [-0.15, -0.1) is 11.8 Å². The van der Waals surface area contributed by atoms with Crippen molar-refractivity contribution in [1.29, 1.82) is 0 Å². The molecule has 1 saturated carbocycles. The van der Waals surface area contributed by atoms with Crippen molar-refractivity contribution >= 4 is 23.4 Å². The Kier molecular flexibility index (Phi) is 4.66. The summed E-state index contributed by atoms with van der Waals surface area (Å²) in [7, 11) is 0. The first kappa shape index (κ1) is 14.7. The van der Waals surface area contributed by atoms with Gasteiger partial charge < -0.3 is 4.98 Å². The molecule has 1 aromatic heterocycles. The molecule has 0 spiro atoms. The number of aromatic amines is 1. The van der Waals surface area contributed by atoms with E-state index in [0.717, 1.165) is 34.3 Å². The van der Waals surface area contributed by atoms with E-state index in [1.165, 1.54) is 12.8 Å². The Morgan fingerprint density at radius 1 is 1.29 bits per heavy atom. The minimum Gasteiger partial charge on any atom is -0.310 e. The number of nitrogens with one attached hydrogen (secondary N) is 1. The summed E-state index contributed by atoms with van der Waals surface area (Å²) < 4.78 is 0. The molecule has 3 nitrogen and oxygen atoms in total. The van der Waals surface area contributed by atoms with Gasteiger partial charge in [0.05, 0.1) is 16.5 Å². The van der Waals surface area contributed by atoms with Crippen LogP contribution >= 0.6 is 23.4 Å². The Morgan fingerprint density at radius 2 is 2.05 bits per heavy atom. The lowest BCUT2D eigenvalue weighted by Crippen LogP contribution is -2.13. The number of benzene rings is 1. The third kappa shape index (κ3) is 3.69. The average molecular weight is 321 g/mol. The van der Waals surface area contributed by atoms with Crippen LogP contribution < -0.4 is 5.56 Å². The molecule has 0 atom stereocenters. The van der Waals surface area contributed by atoms with E-state index in [4.69, 9.17) is 11.6 Å². The Bertz CT molecular complexity index is 680. The maximum Gasteiger partial charge on any atom is 0.251 e. The molecule has 1 N–H and O–H groups in total. The van der Waals surface area contributed by atoms with Crippen LogP contribution in [0.5, 0.6) is 0 Å². The molecule has 0 aliphatic heterocycles. The number of nitrogens with zero attached hydrogens (tertiary/aromatic N) is 1. The minimum atomic E-state index is -0.0540. The summed E-state index contributed by atoms with van der Waals surface area (Å²) in [5.41, 5.74) is 0.896. The summed E-state index contributed by atoms with van der Waals surface area (Å²) in [6, 6.07) is 9.37. The van der Waals surface area contributed by atoms with Crippen molar-refractivity contribution in [2.75, 3.05) is 0 Å². The SMILES string of the molecule is O=c1cc(C2CCCC2)nc(CSc2ccccc2Cl)[nH]1. The van der Waals surface area contributed by atoms with Crippen molar-refractivity contribution in [3.05, 3.63) is 57.2 Å². The Labute approximate surface area is 133 Å². The highest BCUT2D eigenvalue weighted by Gasteiger charge is 2.19. The zero-order chi connectivity index (χ0) is 14.7. The Hall–Kier alpha value is -1.26. The molecule has 21 heavy (non-hydrogen) atoms. The number of thioether (sulfide) groups is 1. The maximum absolute atomic E-state index is 11.8. The standard InChI is InChI=1S/C16H17ClN2OS/c17-12-7-3-4-8-14(12)21-10-15-18-13(9-16(20)19-15)11-5-1-2-6-11/h3-4,7-9,11H,1-2,5-6,10H2,(H,18,19,20). The summed E-state index contributed by atoms with van der Waals surface area (Å²) in [5.74, 6) is 1.81. The fraction of sp³-hybridized carbons (Fsp3) is 0.375. The van der Waals surface area contributed by atoms with Gasteiger partial charge in [-0.2, -0.15) is 0 Å². The zero-order valence-corrected chi connectivity index (χ0v) is 13.2. The smallest absolute Gasteiger partial charge is 0.251 e. The summed E-state index contributed by atoms with van der Waals surface area (Å²) in [6.07, 6.45) is 4.77. The maximum atomic E-state index is 11.8. The van der Waals surface area contributed by atoms with Crippen LogP contribution in [0, 0.1) is 0 Å². The van der Waals surface area contributed by atoms with Gasteiger partial charge in [0.15, 0.2) is 0 Å². The molecule has 0 saturated heterocycles. The van der Waals surface area contributed by atoms with E-state index in [9.17, 15) is 4.79 Å². The third-order valence-corrected chi connectivity index (χ3v) is 5.31. The molecule has 0 bridgehead atoms. The number of aromatic nitrogens is 2. The van der Waals surface area contributed by atoms with Gasteiger partial charge in [0.2, 0.25) is 0 Å². The molecule has 0 radical (unpaired) electrons. The minimum absolute atomic E-state index is 0.0540. The molecule has 0 unspecified atom stereocenters. The summed E-state index contributed by atoms with van der Waals surface area (Å²) in [6.45, 7) is 0. The number of halogens is 1. The normalized spacial score (nSPS) is 15.5. The number of hydrogen-bond acceptors (Lipinski definition) is 3.